The number of para-hydroxylation sites is 1. The first-order valence-corrected chi connectivity index (χ1v) is 6.76. The molecule has 0 saturated heterocycles. The largest absolute Gasteiger partial charge is 0.392 e. The molecule has 3 rings (SSSR count). The van der Waals surface area contributed by atoms with Crippen LogP contribution in [0.25, 0.3) is 16.8 Å². The lowest BCUT2D eigenvalue weighted by Gasteiger charge is -2.09. The van der Waals surface area contributed by atoms with Crippen molar-refractivity contribution >= 4 is 0 Å². The number of aromatic nitrogens is 1. The molecule has 1 heterocycles. The van der Waals surface area contributed by atoms with Gasteiger partial charge in [0.05, 0.1) is 6.61 Å². The predicted molar refractivity (Wildman–Crippen MR) is 83.4 cm³/mol. The fourth-order valence-electron chi connectivity index (χ4n) is 2.25. The lowest BCUT2D eigenvalue weighted by atomic mass is 10.1. The highest BCUT2D eigenvalue weighted by Gasteiger charge is 2.03. The summed E-state index contributed by atoms with van der Waals surface area (Å²) in [4.78, 5) is 12.0. The van der Waals surface area contributed by atoms with Gasteiger partial charge in [0, 0.05) is 18.0 Å². The summed E-state index contributed by atoms with van der Waals surface area (Å²) in [6.45, 7) is 0.0315. The quantitative estimate of drug-likeness (QED) is 0.799. The minimum Gasteiger partial charge on any atom is -0.392 e. The van der Waals surface area contributed by atoms with Crippen molar-refractivity contribution in [2.45, 2.75) is 6.61 Å². The van der Waals surface area contributed by atoms with Crippen LogP contribution in [0.15, 0.2) is 77.7 Å². The zero-order chi connectivity index (χ0) is 14.7. The molecular formula is C18H15NO2. The van der Waals surface area contributed by atoms with E-state index in [4.69, 9.17) is 5.11 Å². The number of pyridine rings is 1. The molecule has 1 N–H and O–H groups in total. The highest BCUT2D eigenvalue weighted by molar-refractivity contribution is 5.63. The molecule has 21 heavy (non-hydrogen) atoms. The molecule has 0 bridgehead atoms. The zero-order valence-corrected chi connectivity index (χ0v) is 11.4. The van der Waals surface area contributed by atoms with E-state index in [1.807, 2.05) is 66.9 Å². The summed E-state index contributed by atoms with van der Waals surface area (Å²) >= 11 is 0. The minimum absolute atomic E-state index is 0.0315. The highest BCUT2D eigenvalue weighted by Crippen LogP contribution is 2.19. The van der Waals surface area contributed by atoms with Gasteiger partial charge in [0.2, 0.25) is 0 Å². The summed E-state index contributed by atoms with van der Waals surface area (Å²) in [6.07, 6.45) is 1.84. The molecular weight excluding hydrogens is 262 g/mol. The highest BCUT2D eigenvalue weighted by atomic mass is 16.3. The maximum atomic E-state index is 12.0. The van der Waals surface area contributed by atoms with E-state index >= 15 is 0 Å². The molecule has 0 amide bonds. The van der Waals surface area contributed by atoms with Crippen LogP contribution in [0.5, 0.6) is 0 Å². The Balaban J connectivity index is 2.06. The Labute approximate surface area is 122 Å². The van der Waals surface area contributed by atoms with Crippen molar-refractivity contribution in [1.29, 1.82) is 0 Å². The Morgan fingerprint density at radius 3 is 2.14 bits per heavy atom. The van der Waals surface area contributed by atoms with E-state index in [0.717, 1.165) is 22.4 Å². The fourth-order valence-corrected chi connectivity index (χ4v) is 2.25. The summed E-state index contributed by atoms with van der Waals surface area (Å²) in [6, 6.07) is 20.6. The van der Waals surface area contributed by atoms with E-state index < -0.39 is 0 Å². The van der Waals surface area contributed by atoms with Crippen LogP contribution < -0.4 is 5.56 Å². The second-order valence-electron chi connectivity index (χ2n) is 4.82. The van der Waals surface area contributed by atoms with Gasteiger partial charge >= 0.3 is 0 Å². The molecule has 3 nitrogen and oxygen atoms in total. The van der Waals surface area contributed by atoms with Crippen LogP contribution in [-0.2, 0) is 6.61 Å². The number of hydrogen-bond acceptors (Lipinski definition) is 2. The summed E-state index contributed by atoms with van der Waals surface area (Å²) in [5.41, 5.74) is 3.63. The molecule has 0 aliphatic heterocycles. The SMILES string of the molecule is O=c1ccc(-c2ccc(CO)cc2)cn1-c1ccccc1. The molecule has 2 aromatic carbocycles. The van der Waals surface area contributed by atoms with Crippen molar-refractivity contribution in [3.05, 3.63) is 88.8 Å². The van der Waals surface area contributed by atoms with E-state index in [9.17, 15) is 4.79 Å². The van der Waals surface area contributed by atoms with Crippen LogP contribution >= 0.6 is 0 Å². The second-order valence-corrected chi connectivity index (χ2v) is 4.82. The molecule has 0 saturated carbocycles. The molecule has 0 aliphatic carbocycles. The summed E-state index contributed by atoms with van der Waals surface area (Å²) in [5.74, 6) is 0. The van der Waals surface area contributed by atoms with E-state index in [1.165, 1.54) is 0 Å². The molecule has 0 unspecified atom stereocenters. The van der Waals surface area contributed by atoms with Gasteiger partial charge < -0.3 is 5.11 Å². The molecule has 3 aromatic rings. The van der Waals surface area contributed by atoms with Crippen LogP contribution in [0.1, 0.15) is 5.56 Å². The van der Waals surface area contributed by atoms with Crippen molar-refractivity contribution < 1.29 is 5.11 Å². The smallest absolute Gasteiger partial charge is 0.255 e. The molecule has 3 heteroatoms. The summed E-state index contributed by atoms with van der Waals surface area (Å²) in [5, 5.41) is 9.08. The van der Waals surface area contributed by atoms with Crippen molar-refractivity contribution in [2.24, 2.45) is 0 Å². The van der Waals surface area contributed by atoms with Gasteiger partial charge in [0.15, 0.2) is 0 Å². The third-order valence-corrected chi connectivity index (χ3v) is 3.42. The van der Waals surface area contributed by atoms with Gasteiger partial charge in [-0.3, -0.25) is 9.36 Å². The van der Waals surface area contributed by atoms with Crippen LogP contribution in [0, 0.1) is 0 Å². The first-order chi connectivity index (χ1) is 10.3. The average molecular weight is 277 g/mol. The van der Waals surface area contributed by atoms with Crippen molar-refractivity contribution in [2.75, 3.05) is 0 Å². The van der Waals surface area contributed by atoms with E-state index in [1.54, 1.807) is 10.6 Å². The minimum atomic E-state index is -0.0584. The Bertz CT molecular complexity index is 789. The van der Waals surface area contributed by atoms with E-state index in [0.29, 0.717) is 0 Å². The van der Waals surface area contributed by atoms with Gasteiger partial charge in [-0.05, 0) is 34.9 Å². The lowest BCUT2D eigenvalue weighted by molar-refractivity contribution is 0.282. The monoisotopic (exact) mass is 277 g/mol. The standard InChI is InChI=1S/C18H15NO2/c20-13-14-6-8-15(9-7-14)16-10-11-18(21)19(12-16)17-4-2-1-3-5-17/h1-12,20H,13H2. The molecule has 0 radical (unpaired) electrons. The molecule has 104 valence electrons. The first-order valence-electron chi connectivity index (χ1n) is 6.76. The average Bonchev–Trinajstić information content (AvgIpc) is 2.56. The number of aliphatic hydroxyl groups excluding tert-OH is 1. The molecule has 0 fully saturated rings. The predicted octanol–water partition coefficient (Wildman–Crippen LogP) is 3.00. The van der Waals surface area contributed by atoms with Crippen molar-refractivity contribution in [1.82, 2.24) is 4.57 Å². The number of hydrogen-bond donors (Lipinski definition) is 1. The van der Waals surface area contributed by atoms with E-state index in [-0.39, 0.29) is 12.2 Å². The Hall–Kier alpha value is -2.65. The van der Waals surface area contributed by atoms with Crippen LogP contribution in [0.2, 0.25) is 0 Å². The first kappa shape index (κ1) is 13.3. The van der Waals surface area contributed by atoms with E-state index in [2.05, 4.69) is 0 Å². The number of nitrogens with zero attached hydrogens (tertiary/aromatic N) is 1. The Morgan fingerprint density at radius 1 is 0.810 bits per heavy atom. The maximum Gasteiger partial charge on any atom is 0.255 e. The Kier molecular flexibility index (Phi) is 3.67. The van der Waals surface area contributed by atoms with Gasteiger partial charge in [0.1, 0.15) is 0 Å². The van der Waals surface area contributed by atoms with Gasteiger partial charge in [-0.2, -0.15) is 0 Å². The summed E-state index contributed by atoms with van der Waals surface area (Å²) in [7, 11) is 0. The van der Waals surface area contributed by atoms with Gasteiger partial charge in [-0.15, -0.1) is 0 Å². The lowest BCUT2D eigenvalue weighted by Crippen LogP contribution is -2.16. The molecule has 0 aliphatic rings. The molecule has 1 aromatic heterocycles. The zero-order valence-electron chi connectivity index (χ0n) is 11.4. The number of benzene rings is 2. The summed E-state index contributed by atoms with van der Waals surface area (Å²) < 4.78 is 1.63. The normalized spacial score (nSPS) is 10.5. The Morgan fingerprint density at radius 2 is 1.48 bits per heavy atom. The maximum absolute atomic E-state index is 12.0. The third-order valence-electron chi connectivity index (χ3n) is 3.42. The number of rotatable bonds is 3. The molecule has 0 atom stereocenters. The topological polar surface area (TPSA) is 42.2 Å². The number of aliphatic hydroxyl groups is 1. The van der Waals surface area contributed by atoms with Gasteiger partial charge in [0.25, 0.3) is 5.56 Å². The van der Waals surface area contributed by atoms with Crippen molar-refractivity contribution in [3.63, 3.8) is 0 Å². The van der Waals surface area contributed by atoms with Gasteiger partial charge in [-0.1, -0.05) is 42.5 Å². The van der Waals surface area contributed by atoms with Crippen molar-refractivity contribution in [3.8, 4) is 16.8 Å². The second kappa shape index (κ2) is 5.77. The van der Waals surface area contributed by atoms with Crippen LogP contribution in [-0.4, -0.2) is 9.67 Å². The van der Waals surface area contributed by atoms with Crippen LogP contribution in [0.3, 0.4) is 0 Å². The fraction of sp³-hybridized carbons (Fsp3) is 0.0556. The van der Waals surface area contributed by atoms with Crippen LogP contribution in [0.4, 0.5) is 0 Å². The van der Waals surface area contributed by atoms with Gasteiger partial charge in [-0.25, -0.2) is 0 Å². The third kappa shape index (κ3) is 2.78. The molecule has 0 spiro atoms.